The first-order chi connectivity index (χ1) is 9.86. The predicted octanol–water partition coefficient (Wildman–Crippen LogP) is -0.0926. The number of nitrogens with one attached hydrogen (secondary N) is 1. The summed E-state index contributed by atoms with van der Waals surface area (Å²) < 4.78 is 13.5. The number of carboxylic acid groups (broad SMARTS) is 1. The number of aliphatic carboxylic acids is 1. The van der Waals surface area contributed by atoms with E-state index in [0.717, 1.165) is 4.57 Å². The van der Waals surface area contributed by atoms with Crippen LogP contribution in [0.4, 0.5) is 4.39 Å². The molecule has 1 heterocycles. The van der Waals surface area contributed by atoms with Crippen molar-refractivity contribution in [2.75, 3.05) is 6.67 Å². The third-order valence-electron chi connectivity index (χ3n) is 2.86. The van der Waals surface area contributed by atoms with Gasteiger partial charge in [-0.25, -0.2) is 4.39 Å². The van der Waals surface area contributed by atoms with Crippen molar-refractivity contribution >= 4 is 17.7 Å². The second kappa shape index (κ2) is 7.32. The Hall–Kier alpha value is -2.51. The van der Waals surface area contributed by atoms with Crippen LogP contribution in [0.15, 0.2) is 29.2 Å². The van der Waals surface area contributed by atoms with Gasteiger partial charge in [0, 0.05) is 12.3 Å². The molecule has 0 aromatic carbocycles. The maximum Gasteiger partial charge on any atom is 0.305 e. The quantitative estimate of drug-likeness (QED) is 0.731. The van der Waals surface area contributed by atoms with Gasteiger partial charge in [-0.15, -0.1) is 0 Å². The van der Waals surface area contributed by atoms with Crippen LogP contribution < -0.4 is 10.9 Å². The smallest absolute Gasteiger partial charge is 0.305 e. The molecule has 0 bridgehead atoms. The van der Waals surface area contributed by atoms with E-state index in [0.29, 0.717) is 0 Å². The molecule has 2 atom stereocenters. The maximum atomic E-state index is 12.4. The second-order valence-corrected chi connectivity index (χ2v) is 4.38. The van der Waals surface area contributed by atoms with Crippen LogP contribution in [0.25, 0.3) is 0 Å². The van der Waals surface area contributed by atoms with E-state index in [-0.39, 0.29) is 0 Å². The maximum absolute atomic E-state index is 12.4. The number of ketones is 1. The van der Waals surface area contributed by atoms with Crippen molar-refractivity contribution in [1.29, 1.82) is 0 Å². The van der Waals surface area contributed by atoms with E-state index in [1.54, 1.807) is 6.07 Å². The van der Waals surface area contributed by atoms with Crippen molar-refractivity contribution < 1.29 is 23.9 Å². The summed E-state index contributed by atoms with van der Waals surface area (Å²) in [6.07, 6.45) is 0.667. The molecule has 0 radical (unpaired) electrons. The molecule has 1 aromatic rings. The van der Waals surface area contributed by atoms with Crippen LogP contribution in [-0.2, 0) is 14.4 Å². The van der Waals surface area contributed by atoms with Crippen LogP contribution in [-0.4, -0.2) is 40.0 Å². The lowest BCUT2D eigenvalue weighted by atomic mass is 10.1. The average molecular weight is 298 g/mol. The molecule has 0 spiro atoms. The van der Waals surface area contributed by atoms with E-state index in [9.17, 15) is 23.6 Å². The summed E-state index contributed by atoms with van der Waals surface area (Å²) in [7, 11) is 0. The highest BCUT2D eigenvalue weighted by Crippen LogP contribution is 2.04. The van der Waals surface area contributed by atoms with Gasteiger partial charge in [0.25, 0.3) is 5.56 Å². The molecule has 2 N–H and O–H groups in total. The lowest BCUT2D eigenvalue weighted by molar-refractivity contribution is -0.140. The largest absolute Gasteiger partial charge is 0.481 e. The van der Waals surface area contributed by atoms with E-state index in [1.165, 1.54) is 25.3 Å². The molecule has 0 aliphatic carbocycles. The van der Waals surface area contributed by atoms with Crippen molar-refractivity contribution in [3.05, 3.63) is 34.7 Å². The van der Waals surface area contributed by atoms with E-state index >= 15 is 0 Å². The van der Waals surface area contributed by atoms with Crippen LogP contribution in [0.2, 0.25) is 0 Å². The molecule has 0 aliphatic heterocycles. The lowest BCUT2D eigenvalue weighted by Gasteiger charge is -2.19. The number of halogens is 1. The molecule has 1 unspecified atom stereocenters. The highest BCUT2D eigenvalue weighted by Gasteiger charge is 2.26. The third kappa shape index (κ3) is 4.51. The van der Waals surface area contributed by atoms with Gasteiger partial charge in [-0.05, 0) is 13.0 Å². The summed E-state index contributed by atoms with van der Waals surface area (Å²) >= 11 is 0. The number of hydrogen-bond donors (Lipinski definition) is 2. The Morgan fingerprint density at radius 3 is 2.57 bits per heavy atom. The molecule has 1 aromatic heterocycles. The Balaban J connectivity index is 2.86. The highest BCUT2D eigenvalue weighted by atomic mass is 19.1. The molecular weight excluding hydrogens is 283 g/mol. The molecule has 0 saturated carbocycles. The average Bonchev–Trinajstić information content (AvgIpc) is 2.44. The molecular formula is C13H15FN2O5. The zero-order valence-electron chi connectivity index (χ0n) is 11.3. The number of nitrogens with zero attached hydrogens (tertiary/aromatic N) is 1. The van der Waals surface area contributed by atoms with Crippen molar-refractivity contribution in [1.82, 2.24) is 9.88 Å². The lowest BCUT2D eigenvalue weighted by Crippen LogP contribution is -2.46. The molecule has 0 saturated heterocycles. The Labute approximate surface area is 119 Å². The van der Waals surface area contributed by atoms with Gasteiger partial charge < -0.3 is 15.0 Å². The molecule has 21 heavy (non-hydrogen) atoms. The number of Topliss-reactive ketones (excluding diaryl/α,β-unsaturated/α-hetero) is 1. The number of carbonyl (C=O) groups is 3. The Morgan fingerprint density at radius 2 is 2.05 bits per heavy atom. The molecule has 8 heteroatoms. The predicted molar refractivity (Wildman–Crippen MR) is 70.6 cm³/mol. The first-order valence-electron chi connectivity index (χ1n) is 6.14. The van der Waals surface area contributed by atoms with Crippen LogP contribution in [0.1, 0.15) is 19.4 Å². The van der Waals surface area contributed by atoms with E-state index < -0.39 is 48.4 Å². The third-order valence-corrected chi connectivity index (χ3v) is 2.86. The number of hydrogen-bond acceptors (Lipinski definition) is 4. The van der Waals surface area contributed by atoms with Crippen molar-refractivity contribution in [2.24, 2.45) is 0 Å². The van der Waals surface area contributed by atoms with Gasteiger partial charge in [0.2, 0.25) is 5.91 Å². The first-order valence-corrected chi connectivity index (χ1v) is 6.14. The van der Waals surface area contributed by atoms with Crippen LogP contribution in [0, 0.1) is 0 Å². The topological polar surface area (TPSA) is 105 Å². The summed E-state index contributed by atoms with van der Waals surface area (Å²) in [5, 5.41) is 10.8. The number of alkyl halides is 1. The zero-order valence-corrected chi connectivity index (χ0v) is 11.3. The summed E-state index contributed by atoms with van der Waals surface area (Å²) in [5.41, 5.74) is -0.424. The molecule has 114 valence electrons. The highest BCUT2D eigenvalue weighted by molar-refractivity contribution is 5.93. The molecule has 7 nitrogen and oxygen atoms in total. The van der Waals surface area contributed by atoms with Gasteiger partial charge in [0.15, 0.2) is 5.78 Å². The fourth-order valence-electron chi connectivity index (χ4n) is 1.69. The molecule has 0 fully saturated rings. The van der Waals surface area contributed by atoms with Crippen molar-refractivity contribution in [2.45, 2.75) is 25.4 Å². The van der Waals surface area contributed by atoms with Crippen LogP contribution in [0.3, 0.4) is 0 Å². The minimum absolute atomic E-state index is 0.424. The van der Waals surface area contributed by atoms with Gasteiger partial charge >= 0.3 is 5.97 Å². The van der Waals surface area contributed by atoms with Gasteiger partial charge in [0.1, 0.15) is 18.8 Å². The monoisotopic (exact) mass is 298 g/mol. The van der Waals surface area contributed by atoms with Crippen molar-refractivity contribution in [3.8, 4) is 0 Å². The van der Waals surface area contributed by atoms with Gasteiger partial charge in [0.05, 0.1) is 6.42 Å². The van der Waals surface area contributed by atoms with Crippen LogP contribution >= 0.6 is 0 Å². The Bertz CT molecular complexity index is 598. The number of carboxylic acids is 1. The van der Waals surface area contributed by atoms with Gasteiger partial charge in [-0.3, -0.25) is 19.2 Å². The molecule has 1 amide bonds. The number of pyridine rings is 1. The minimum Gasteiger partial charge on any atom is -0.481 e. The summed E-state index contributed by atoms with van der Waals surface area (Å²) in [6, 6.07) is 1.89. The molecule has 0 aliphatic rings. The number of carbonyl (C=O) groups excluding carboxylic acids is 2. The fraction of sp³-hybridized carbons (Fsp3) is 0.385. The van der Waals surface area contributed by atoms with Crippen molar-refractivity contribution in [3.63, 3.8) is 0 Å². The second-order valence-electron chi connectivity index (χ2n) is 4.38. The summed E-state index contributed by atoms with van der Waals surface area (Å²) in [5.74, 6) is -3.11. The zero-order chi connectivity index (χ0) is 16.0. The summed E-state index contributed by atoms with van der Waals surface area (Å²) in [6.45, 7) is 0.0341. The van der Waals surface area contributed by atoms with E-state index in [2.05, 4.69) is 5.32 Å². The minimum atomic E-state index is -1.46. The number of aromatic nitrogens is 1. The number of rotatable bonds is 7. The van der Waals surface area contributed by atoms with E-state index in [1.807, 2.05) is 0 Å². The van der Waals surface area contributed by atoms with Gasteiger partial charge in [-0.1, -0.05) is 6.07 Å². The molecule has 1 rings (SSSR count). The normalized spacial score (nSPS) is 13.2. The number of amides is 1. The Kier molecular flexibility index (Phi) is 5.77. The first kappa shape index (κ1) is 16.5. The summed E-state index contributed by atoms with van der Waals surface area (Å²) in [4.78, 5) is 45.5. The standard InChI is InChI=1S/C13H15FN2O5/c1-8(16-5-3-2-4-11(16)18)13(21)15-9(6-12(19)20)10(17)7-14/h2-5,8-9H,6-7H2,1H3,(H,15,21)(H,19,20)/t8-,9?/m0/s1. The fourth-order valence-corrected chi connectivity index (χ4v) is 1.69. The Morgan fingerprint density at radius 1 is 1.38 bits per heavy atom. The van der Waals surface area contributed by atoms with Crippen LogP contribution in [0.5, 0.6) is 0 Å². The SMILES string of the molecule is C[C@@H](C(=O)NC(CC(=O)O)C(=O)CF)n1ccccc1=O. The van der Waals surface area contributed by atoms with E-state index in [4.69, 9.17) is 5.11 Å². The van der Waals surface area contributed by atoms with Gasteiger partial charge in [-0.2, -0.15) is 0 Å².